The first-order valence-electron chi connectivity index (χ1n) is 5.76. The van der Waals surface area contributed by atoms with Crippen molar-refractivity contribution >= 4 is 21.9 Å². The van der Waals surface area contributed by atoms with Crippen LogP contribution in [0, 0.1) is 5.92 Å². The summed E-state index contributed by atoms with van der Waals surface area (Å²) in [6.07, 6.45) is -0.621. The highest BCUT2D eigenvalue weighted by atomic mass is 79.9. The molecule has 0 amide bonds. The van der Waals surface area contributed by atoms with E-state index >= 15 is 0 Å². The SMILES string of the molecule is O=C(O)[C@@H]1CC(F)(F)CC[C@H]1c1ccccc1Br. The Hall–Kier alpha value is -0.970. The zero-order chi connectivity index (χ0) is 13.3. The summed E-state index contributed by atoms with van der Waals surface area (Å²) in [4.78, 5) is 11.2. The van der Waals surface area contributed by atoms with E-state index < -0.39 is 24.2 Å². The minimum Gasteiger partial charge on any atom is -0.481 e. The Morgan fingerprint density at radius 1 is 1.39 bits per heavy atom. The maximum absolute atomic E-state index is 13.3. The second-order valence-corrected chi connectivity index (χ2v) is 5.53. The van der Waals surface area contributed by atoms with Gasteiger partial charge in [-0.2, -0.15) is 0 Å². The topological polar surface area (TPSA) is 37.3 Å². The molecule has 1 fully saturated rings. The van der Waals surface area contributed by atoms with Crippen LogP contribution in [0.2, 0.25) is 0 Å². The van der Waals surface area contributed by atoms with E-state index in [1.165, 1.54) is 0 Å². The van der Waals surface area contributed by atoms with Gasteiger partial charge in [0, 0.05) is 17.3 Å². The Bertz CT molecular complexity index is 462. The molecule has 0 saturated heterocycles. The Balaban J connectivity index is 2.32. The van der Waals surface area contributed by atoms with E-state index in [0.717, 1.165) is 10.0 Å². The third kappa shape index (κ3) is 2.71. The fourth-order valence-electron chi connectivity index (χ4n) is 2.54. The van der Waals surface area contributed by atoms with Gasteiger partial charge in [0.15, 0.2) is 0 Å². The molecule has 1 aliphatic rings. The predicted molar refractivity (Wildman–Crippen MR) is 66.8 cm³/mol. The highest BCUT2D eigenvalue weighted by molar-refractivity contribution is 9.10. The molecule has 2 rings (SSSR count). The lowest BCUT2D eigenvalue weighted by molar-refractivity contribution is -0.150. The summed E-state index contributed by atoms with van der Waals surface area (Å²) >= 11 is 3.36. The fraction of sp³-hybridized carbons (Fsp3) is 0.462. The summed E-state index contributed by atoms with van der Waals surface area (Å²) < 4.78 is 27.4. The van der Waals surface area contributed by atoms with E-state index in [9.17, 15) is 13.6 Å². The van der Waals surface area contributed by atoms with Gasteiger partial charge in [-0.05, 0) is 24.0 Å². The summed E-state index contributed by atoms with van der Waals surface area (Å²) in [5, 5.41) is 9.14. The molecule has 0 aliphatic heterocycles. The Labute approximate surface area is 112 Å². The van der Waals surface area contributed by atoms with Crippen molar-refractivity contribution in [2.24, 2.45) is 5.92 Å². The number of carboxylic acids is 1. The number of carboxylic acid groups (broad SMARTS) is 1. The van der Waals surface area contributed by atoms with Crippen molar-refractivity contribution in [1.29, 1.82) is 0 Å². The molecule has 2 atom stereocenters. The van der Waals surface area contributed by atoms with Gasteiger partial charge in [0.25, 0.3) is 0 Å². The molecule has 1 aromatic carbocycles. The maximum Gasteiger partial charge on any atom is 0.307 e. The zero-order valence-corrected chi connectivity index (χ0v) is 11.2. The molecule has 1 saturated carbocycles. The number of hydrogen-bond acceptors (Lipinski definition) is 1. The van der Waals surface area contributed by atoms with Crippen molar-refractivity contribution < 1.29 is 18.7 Å². The lowest BCUT2D eigenvalue weighted by Gasteiger charge is -2.34. The van der Waals surface area contributed by atoms with E-state index in [-0.39, 0.29) is 18.8 Å². The number of rotatable bonds is 2. The monoisotopic (exact) mass is 318 g/mol. The molecule has 0 radical (unpaired) electrons. The van der Waals surface area contributed by atoms with Gasteiger partial charge in [0.1, 0.15) is 0 Å². The van der Waals surface area contributed by atoms with Crippen LogP contribution in [0.25, 0.3) is 0 Å². The third-order valence-electron chi connectivity index (χ3n) is 3.45. The van der Waals surface area contributed by atoms with Gasteiger partial charge >= 0.3 is 5.97 Å². The highest BCUT2D eigenvalue weighted by Crippen LogP contribution is 2.46. The van der Waals surface area contributed by atoms with Gasteiger partial charge in [0.2, 0.25) is 5.92 Å². The van der Waals surface area contributed by atoms with Gasteiger partial charge in [-0.15, -0.1) is 0 Å². The third-order valence-corrected chi connectivity index (χ3v) is 4.17. The van der Waals surface area contributed by atoms with Crippen molar-refractivity contribution in [2.75, 3.05) is 0 Å². The standard InChI is InChI=1S/C13H13BrF2O2/c14-11-4-2-1-3-9(11)8-5-6-13(15,16)7-10(8)12(17)18/h1-4,8,10H,5-7H2,(H,17,18)/t8-,10+/m0/s1. The lowest BCUT2D eigenvalue weighted by atomic mass is 9.74. The van der Waals surface area contributed by atoms with Gasteiger partial charge in [-0.1, -0.05) is 34.1 Å². The molecule has 0 spiro atoms. The number of benzene rings is 1. The Morgan fingerprint density at radius 2 is 2.06 bits per heavy atom. The van der Waals surface area contributed by atoms with Gasteiger partial charge in [0.05, 0.1) is 5.92 Å². The van der Waals surface area contributed by atoms with Crippen molar-refractivity contribution in [1.82, 2.24) is 0 Å². The first-order chi connectivity index (χ1) is 8.41. The number of hydrogen-bond donors (Lipinski definition) is 1. The van der Waals surface area contributed by atoms with Crippen LogP contribution >= 0.6 is 15.9 Å². The summed E-state index contributed by atoms with van der Waals surface area (Å²) in [6, 6.07) is 7.22. The van der Waals surface area contributed by atoms with Gasteiger partial charge in [-0.25, -0.2) is 8.78 Å². The van der Waals surface area contributed by atoms with Crippen LogP contribution in [0.5, 0.6) is 0 Å². The van der Waals surface area contributed by atoms with Crippen LogP contribution < -0.4 is 0 Å². The van der Waals surface area contributed by atoms with Gasteiger partial charge < -0.3 is 5.11 Å². The van der Waals surface area contributed by atoms with Crippen molar-refractivity contribution in [2.45, 2.75) is 31.1 Å². The molecule has 1 aromatic rings. The first kappa shape index (κ1) is 13.5. The van der Waals surface area contributed by atoms with Crippen molar-refractivity contribution in [3.8, 4) is 0 Å². The van der Waals surface area contributed by atoms with E-state index in [4.69, 9.17) is 5.11 Å². The maximum atomic E-state index is 13.3. The lowest BCUT2D eigenvalue weighted by Crippen LogP contribution is -2.35. The van der Waals surface area contributed by atoms with Crippen LogP contribution in [0.3, 0.4) is 0 Å². The highest BCUT2D eigenvalue weighted by Gasteiger charge is 2.45. The summed E-state index contributed by atoms with van der Waals surface area (Å²) in [5.74, 6) is -5.37. The number of alkyl halides is 2. The molecule has 18 heavy (non-hydrogen) atoms. The second kappa shape index (κ2) is 4.96. The van der Waals surface area contributed by atoms with Crippen molar-refractivity contribution in [3.05, 3.63) is 34.3 Å². The average Bonchev–Trinajstić information content (AvgIpc) is 2.29. The number of halogens is 3. The molecule has 98 valence electrons. The molecule has 5 heteroatoms. The number of carbonyl (C=O) groups is 1. The predicted octanol–water partition coefficient (Wildman–Crippen LogP) is 4.05. The van der Waals surface area contributed by atoms with E-state index in [0.29, 0.717) is 0 Å². The van der Waals surface area contributed by atoms with Crippen LogP contribution in [-0.2, 0) is 4.79 Å². The zero-order valence-electron chi connectivity index (χ0n) is 9.57. The quantitative estimate of drug-likeness (QED) is 0.893. The molecule has 0 bridgehead atoms. The molecule has 0 heterocycles. The molecular formula is C13H13BrF2O2. The van der Waals surface area contributed by atoms with Crippen LogP contribution in [0.1, 0.15) is 30.7 Å². The molecule has 1 aliphatic carbocycles. The molecule has 1 N–H and O–H groups in total. The van der Waals surface area contributed by atoms with Crippen LogP contribution in [-0.4, -0.2) is 17.0 Å². The fourth-order valence-corrected chi connectivity index (χ4v) is 3.12. The molecular weight excluding hydrogens is 306 g/mol. The van der Waals surface area contributed by atoms with E-state index in [1.54, 1.807) is 18.2 Å². The number of aliphatic carboxylic acids is 1. The molecule has 0 aromatic heterocycles. The second-order valence-electron chi connectivity index (χ2n) is 4.67. The van der Waals surface area contributed by atoms with E-state index in [1.807, 2.05) is 6.07 Å². The van der Waals surface area contributed by atoms with Gasteiger partial charge in [-0.3, -0.25) is 4.79 Å². The van der Waals surface area contributed by atoms with E-state index in [2.05, 4.69) is 15.9 Å². The average molecular weight is 319 g/mol. The minimum absolute atomic E-state index is 0.201. The summed E-state index contributed by atoms with van der Waals surface area (Å²) in [7, 11) is 0. The molecule has 0 unspecified atom stereocenters. The smallest absolute Gasteiger partial charge is 0.307 e. The first-order valence-corrected chi connectivity index (χ1v) is 6.55. The summed E-state index contributed by atoms with van der Waals surface area (Å²) in [6.45, 7) is 0. The largest absolute Gasteiger partial charge is 0.481 e. The Morgan fingerprint density at radius 3 is 2.67 bits per heavy atom. The minimum atomic E-state index is -2.86. The molecule has 2 nitrogen and oxygen atoms in total. The Kier molecular flexibility index (Phi) is 3.71. The van der Waals surface area contributed by atoms with Crippen LogP contribution in [0.15, 0.2) is 28.7 Å². The van der Waals surface area contributed by atoms with Crippen molar-refractivity contribution in [3.63, 3.8) is 0 Å². The normalized spacial score (nSPS) is 26.8. The summed E-state index contributed by atoms with van der Waals surface area (Å²) in [5.41, 5.74) is 0.806. The van der Waals surface area contributed by atoms with Crippen LogP contribution in [0.4, 0.5) is 8.78 Å².